The maximum absolute atomic E-state index is 12.5. The molecule has 0 bridgehead atoms. The van der Waals surface area contributed by atoms with Crippen molar-refractivity contribution in [1.82, 2.24) is 14.8 Å². The predicted molar refractivity (Wildman–Crippen MR) is 76.8 cm³/mol. The van der Waals surface area contributed by atoms with Gasteiger partial charge in [0.2, 0.25) is 5.88 Å². The summed E-state index contributed by atoms with van der Waals surface area (Å²) in [6.07, 6.45) is 2.63. The second-order valence-electron chi connectivity index (χ2n) is 4.84. The van der Waals surface area contributed by atoms with Crippen molar-refractivity contribution in [2.75, 3.05) is 46.4 Å². The fourth-order valence-corrected chi connectivity index (χ4v) is 2.38. The molecule has 1 aliphatic heterocycles. The highest BCUT2D eigenvalue weighted by Gasteiger charge is 2.24. The van der Waals surface area contributed by atoms with E-state index in [1.165, 1.54) is 7.11 Å². The Bertz CT molecular complexity index is 445. The van der Waals surface area contributed by atoms with Crippen LogP contribution in [0.5, 0.6) is 5.88 Å². The van der Waals surface area contributed by atoms with Crippen LogP contribution in [-0.2, 0) is 0 Å². The number of hydrogen-bond donors (Lipinski definition) is 1. The molecule has 6 nitrogen and oxygen atoms in total. The Kier molecular flexibility index (Phi) is 5.31. The Morgan fingerprint density at radius 2 is 2.15 bits per heavy atom. The van der Waals surface area contributed by atoms with Crippen molar-refractivity contribution in [2.45, 2.75) is 6.42 Å². The summed E-state index contributed by atoms with van der Waals surface area (Å²) in [5, 5.41) is 0. The second kappa shape index (κ2) is 7.21. The van der Waals surface area contributed by atoms with Gasteiger partial charge in [0.05, 0.1) is 7.11 Å². The van der Waals surface area contributed by atoms with E-state index in [4.69, 9.17) is 10.5 Å². The lowest BCUT2D eigenvalue weighted by Gasteiger charge is -2.34. The van der Waals surface area contributed by atoms with Gasteiger partial charge in [-0.05, 0) is 31.6 Å². The topological polar surface area (TPSA) is 71.7 Å². The Balaban J connectivity index is 1.94. The third-order valence-corrected chi connectivity index (χ3v) is 3.53. The predicted octanol–water partition coefficient (Wildman–Crippen LogP) is 0.197. The van der Waals surface area contributed by atoms with Gasteiger partial charge < -0.3 is 15.4 Å². The normalized spacial score (nSPS) is 16.2. The monoisotopic (exact) mass is 278 g/mol. The van der Waals surface area contributed by atoms with E-state index in [0.717, 1.165) is 39.1 Å². The number of methoxy groups -OCH3 is 1. The van der Waals surface area contributed by atoms with Crippen molar-refractivity contribution in [3.63, 3.8) is 0 Å². The molecule has 2 heterocycles. The van der Waals surface area contributed by atoms with Crippen molar-refractivity contribution >= 4 is 5.91 Å². The summed E-state index contributed by atoms with van der Waals surface area (Å²) in [7, 11) is 1.53. The molecule has 1 aliphatic rings. The molecule has 0 atom stereocenters. The standard InChI is InChI=1S/C14H22N4O2/c1-20-13-12(4-2-6-16-13)14(19)18-10-8-17(9-11-18)7-3-5-15/h2,4,6H,3,5,7-11,15H2,1H3. The number of carbonyl (C=O) groups is 1. The van der Waals surface area contributed by atoms with Crippen LogP contribution in [0.15, 0.2) is 18.3 Å². The number of aromatic nitrogens is 1. The van der Waals surface area contributed by atoms with Crippen molar-refractivity contribution in [2.24, 2.45) is 5.73 Å². The third kappa shape index (κ3) is 3.46. The number of piperazine rings is 1. The molecule has 1 amide bonds. The summed E-state index contributed by atoms with van der Waals surface area (Å²) < 4.78 is 5.15. The van der Waals surface area contributed by atoms with E-state index in [1.807, 2.05) is 4.90 Å². The lowest BCUT2D eigenvalue weighted by atomic mass is 10.2. The molecule has 1 fully saturated rings. The molecule has 2 N–H and O–H groups in total. The molecule has 0 saturated carbocycles. The van der Waals surface area contributed by atoms with Crippen LogP contribution in [0.2, 0.25) is 0 Å². The summed E-state index contributed by atoms with van der Waals surface area (Å²) in [5.74, 6) is 0.386. The van der Waals surface area contributed by atoms with E-state index < -0.39 is 0 Å². The minimum Gasteiger partial charge on any atom is -0.480 e. The zero-order chi connectivity index (χ0) is 14.4. The van der Waals surface area contributed by atoms with Gasteiger partial charge in [-0.2, -0.15) is 0 Å². The lowest BCUT2D eigenvalue weighted by molar-refractivity contribution is 0.0632. The summed E-state index contributed by atoms with van der Waals surface area (Å²) in [6, 6.07) is 3.52. The van der Waals surface area contributed by atoms with Crippen molar-refractivity contribution in [3.8, 4) is 5.88 Å². The molecule has 2 rings (SSSR count). The number of pyridine rings is 1. The number of amides is 1. The number of carbonyl (C=O) groups excluding carboxylic acids is 1. The van der Waals surface area contributed by atoms with Gasteiger partial charge in [0, 0.05) is 32.4 Å². The smallest absolute Gasteiger partial charge is 0.259 e. The van der Waals surface area contributed by atoms with E-state index in [1.54, 1.807) is 18.3 Å². The fourth-order valence-electron chi connectivity index (χ4n) is 2.38. The Hall–Kier alpha value is -1.66. The molecule has 1 saturated heterocycles. The van der Waals surface area contributed by atoms with Gasteiger partial charge in [-0.1, -0.05) is 0 Å². The Morgan fingerprint density at radius 1 is 1.40 bits per heavy atom. The van der Waals surface area contributed by atoms with Gasteiger partial charge in [-0.3, -0.25) is 9.69 Å². The van der Waals surface area contributed by atoms with Crippen LogP contribution in [0, 0.1) is 0 Å². The van der Waals surface area contributed by atoms with Crippen LogP contribution in [0.4, 0.5) is 0 Å². The number of hydrogen-bond acceptors (Lipinski definition) is 5. The molecule has 0 aliphatic carbocycles. The number of nitrogens with zero attached hydrogens (tertiary/aromatic N) is 3. The van der Waals surface area contributed by atoms with Crippen LogP contribution >= 0.6 is 0 Å². The lowest BCUT2D eigenvalue weighted by Crippen LogP contribution is -2.49. The van der Waals surface area contributed by atoms with E-state index in [2.05, 4.69) is 9.88 Å². The van der Waals surface area contributed by atoms with Crippen LogP contribution in [0.25, 0.3) is 0 Å². The number of nitrogens with two attached hydrogens (primary N) is 1. The van der Waals surface area contributed by atoms with Gasteiger partial charge in [-0.15, -0.1) is 0 Å². The first-order chi connectivity index (χ1) is 9.76. The molecular weight excluding hydrogens is 256 g/mol. The van der Waals surface area contributed by atoms with Gasteiger partial charge in [0.25, 0.3) is 5.91 Å². The molecule has 6 heteroatoms. The average Bonchev–Trinajstić information content (AvgIpc) is 2.52. The minimum atomic E-state index is -0.00609. The Labute approximate surface area is 119 Å². The molecular formula is C14H22N4O2. The zero-order valence-corrected chi connectivity index (χ0v) is 11.9. The van der Waals surface area contributed by atoms with Crippen LogP contribution in [0.1, 0.15) is 16.8 Å². The third-order valence-electron chi connectivity index (χ3n) is 3.53. The van der Waals surface area contributed by atoms with Crippen LogP contribution in [0.3, 0.4) is 0 Å². The fraction of sp³-hybridized carbons (Fsp3) is 0.571. The molecule has 1 aromatic rings. The van der Waals surface area contributed by atoms with Gasteiger partial charge >= 0.3 is 0 Å². The molecule has 0 radical (unpaired) electrons. The van der Waals surface area contributed by atoms with Gasteiger partial charge in [0.1, 0.15) is 5.56 Å². The highest BCUT2D eigenvalue weighted by molar-refractivity contribution is 5.96. The molecule has 0 unspecified atom stereocenters. The van der Waals surface area contributed by atoms with E-state index in [0.29, 0.717) is 18.0 Å². The summed E-state index contributed by atoms with van der Waals surface area (Å²) in [5.41, 5.74) is 6.05. The van der Waals surface area contributed by atoms with Crippen LogP contribution in [-0.4, -0.2) is 67.1 Å². The number of ether oxygens (including phenoxy) is 1. The summed E-state index contributed by atoms with van der Waals surface area (Å²) >= 11 is 0. The molecule has 110 valence electrons. The largest absolute Gasteiger partial charge is 0.480 e. The van der Waals surface area contributed by atoms with Crippen molar-refractivity contribution in [3.05, 3.63) is 23.9 Å². The van der Waals surface area contributed by atoms with Gasteiger partial charge in [-0.25, -0.2) is 4.98 Å². The second-order valence-corrected chi connectivity index (χ2v) is 4.84. The molecule has 20 heavy (non-hydrogen) atoms. The summed E-state index contributed by atoms with van der Waals surface area (Å²) in [4.78, 5) is 20.7. The molecule has 0 aromatic carbocycles. The van der Waals surface area contributed by atoms with Crippen LogP contribution < -0.4 is 10.5 Å². The SMILES string of the molecule is COc1ncccc1C(=O)N1CCN(CCCN)CC1. The van der Waals surface area contributed by atoms with Gasteiger partial charge in [0.15, 0.2) is 0 Å². The number of rotatable bonds is 5. The maximum atomic E-state index is 12.5. The zero-order valence-electron chi connectivity index (χ0n) is 11.9. The van der Waals surface area contributed by atoms with E-state index in [-0.39, 0.29) is 5.91 Å². The quantitative estimate of drug-likeness (QED) is 0.833. The molecule has 0 spiro atoms. The first kappa shape index (κ1) is 14.7. The highest BCUT2D eigenvalue weighted by atomic mass is 16.5. The van der Waals surface area contributed by atoms with E-state index >= 15 is 0 Å². The first-order valence-electron chi connectivity index (χ1n) is 6.97. The van der Waals surface area contributed by atoms with Crippen molar-refractivity contribution in [1.29, 1.82) is 0 Å². The van der Waals surface area contributed by atoms with E-state index in [9.17, 15) is 4.79 Å². The average molecular weight is 278 g/mol. The first-order valence-corrected chi connectivity index (χ1v) is 6.97. The Morgan fingerprint density at radius 3 is 2.80 bits per heavy atom. The maximum Gasteiger partial charge on any atom is 0.259 e. The molecule has 1 aromatic heterocycles. The summed E-state index contributed by atoms with van der Waals surface area (Å²) in [6.45, 7) is 4.99. The minimum absolute atomic E-state index is 0.00609. The van der Waals surface area contributed by atoms with Crippen molar-refractivity contribution < 1.29 is 9.53 Å². The highest BCUT2D eigenvalue weighted by Crippen LogP contribution is 2.17.